The van der Waals surface area contributed by atoms with E-state index >= 15 is 0 Å². The molecule has 0 spiro atoms. The predicted octanol–water partition coefficient (Wildman–Crippen LogP) is 2.33. The minimum atomic E-state index is -4.62. The molecule has 0 aliphatic carbocycles. The fourth-order valence-electron chi connectivity index (χ4n) is 1.35. The van der Waals surface area contributed by atoms with E-state index in [1.807, 2.05) is 0 Å². The molecule has 0 aliphatic rings. The number of nitrogens with zero attached hydrogens (tertiary/aromatic N) is 1. The van der Waals surface area contributed by atoms with Gasteiger partial charge in [0.05, 0.1) is 11.1 Å². The Kier molecular flexibility index (Phi) is 4.21. The lowest BCUT2D eigenvalue weighted by atomic mass is 10.0. The molecule has 0 saturated carbocycles. The SMILES string of the molecule is N#Cc1ccc(C(=O)O)c(CN)c1SC(F)(F)F. The van der Waals surface area contributed by atoms with Crippen molar-refractivity contribution in [1.29, 1.82) is 5.26 Å². The van der Waals surface area contributed by atoms with Crippen molar-refractivity contribution >= 4 is 17.7 Å². The van der Waals surface area contributed by atoms with Crippen molar-refractivity contribution in [2.75, 3.05) is 0 Å². The van der Waals surface area contributed by atoms with E-state index < -0.39 is 34.7 Å². The zero-order valence-electron chi connectivity index (χ0n) is 8.78. The normalized spacial score (nSPS) is 11.1. The molecule has 8 heteroatoms. The molecule has 96 valence electrons. The van der Waals surface area contributed by atoms with Crippen LogP contribution in [0.5, 0.6) is 0 Å². The van der Waals surface area contributed by atoms with Crippen LogP contribution in [-0.2, 0) is 6.54 Å². The summed E-state index contributed by atoms with van der Waals surface area (Å²) in [6.45, 7) is -0.393. The molecule has 0 heterocycles. The highest BCUT2D eigenvalue weighted by atomic mass is 32.2. The first-order chi connectivity index (χ1) is 8.30. The first kappa shape index (κ1) is 14.3. The molecule has 0 saturated heterocycles. The number of benzene rings is 1. The van der Waals surface area contributed by atoms with E-state index in [4.69, 9.17) is 16.1 Å². The molecular weight excluding hydrogens is 269 g/mol. The summed E-state index contributed by atoms with van der Waals surface area (Å²) in [7, 11) is 0. The Morgan fingerprint density at radius 3 is 2.50 bits per heavy atom. The summed E-state index contributed by atoms with van der Waals surface area (Å²) in [5, 5.41) is 17.6. The summed E-state index contributed by atoms with van der Waals surface area (Å²) in [6, 6.07) is 3.70. The Morgan fingerprint density at radius 2 is 2.11 bits per heavy atom. The van der Waals surface area contributed by atoms with Gasteiger partial charge in [-0.2, -0.15) is 18.4 Å². The molecule has 18 heavy (non-hydrogen) atoms. The number of rotatable bonds is 3. The van der Waals surface area contributed by atoms with Crippen molar-refractivity contribution in [1.82, 2.24) is 0 Å². The first-order valence-corrected chi connectivity index (χ1v) is 5.37. The van der Waals surface area contributed by atoms with Gasteiger partial charge in [0.1, 0.15) is 6.07 Å². The number of aromatic carboxylic acids is 1. The van der Waals surface area contributed by atoms with Gasteiger partial charge in [0.2, 0.25) is 0 Å². The van der Waals surface area contributed by atoms with Crippen LogP contribution in [0, 0.1) is 11.3 Å². The number of carbonyl (C=O) groups is 1. The van der Waals surface area contributed by atoms with Crippen LogP contribution in [0.15, 0.2) is 17.0 Å². The number of halogens is 3. The molecule has 0 aromatic heterocycles. The number of hydrogen-bond donors (Lipinski definition) is 2. The maximum Gasteiger partial charge on any atom is 0.446 e. The average molecular weight is 276 g/mol. The molecule has 0 atom stereocenters. The zero-order chi connectivity index (χ0) is 13.9. The highest BCUT2D eigenvalue weighted by Crippen LogP contribution is 2.41. The molecule has 1 rings (SSSR count). The van der Waals surface area contributed by atoms with Gasteiger partial charge in [0.15, 0.2) is 0 Å². The predicted molar refractivity (Wildman–Crippen MR) is 57.9 cm³/mol. The topological polar surface area (TPSA) is 87.1 Å². The zero-order valence-corrected chi connectivity index (χ0v) is 9.60. The third kappa shape index (κ3) is 3.15. The molecule has 1 aromatic rings. The van der Waals surface area contributed by atoms with E-state index in [1.165, 1.54) is 0 Å². The van der Waals surface area contributed by atoms with Crippen molar-refractivity contribution in [3.8, 4) is 6.07 Å². The molecule has 0 amide bonds. The fourth-order valence-corrected chi connectivity index (χ4v) is 2.12. The van der Waals surface area contributed by atoms with Crippen LogP contribution in [0.2, 0.25) is 0 Å². The van der Waals surface area contributed by atoms with Crippen LogP contribution in [-0.4, -0.2) is 16.6 Å². The maximum atomic E-state index is 12.4. The molecule has 0 aliphatic heterocycles. The van der Waals surface area contributed by atoms with Gasteiger partial charge >= 0.3 is 11.5 Å². The van der Waals surface area contributed by atoms with Crippen LogP contribution < -0.4 is 5.73 Å². The molecule has 0 bridgehead atoms. The number of hydrogen-bond acceptors (Lipinski definition) is 4. The second-order valence-electron chi connectivity index (χ2n) is 3.14. The Labute approximate surface area is 104 Å². The van der Waals surface area contributed by atoms with E-state index in [1.54, 1.807) is 6.07 Å². The largest absolute Gasteiger partial charge is 0.478 e. The number of carboxylic acids is 1. The second-order valence-corrected chi connectivity index (χ2v) is 4.21. The summed E-state index contributed by atoms with van der Waals surface area (Å²) < 4.78 is 37.1. The lowest BCUT2D eigenvalue weighted by Gasteiger charge is -2.13. The average Bonchev–Trinajstić information content (AvgIpc) is 2.26. The second kappa shape index (κ2) is 5.29. The van der Waals surface area contributed by atoms with Crippen LogP contribution >= 0.6 is 11.8 Å². The molecule has 0 fully saturated rings. The minimum absolute atomic E-state index is 0.191. The van der Waals surface area contributed by atoms with Crippen molar-refractivity contribution in [2.24, 2.45) is 5.73 Å². The Bertz CT molecular complexity index is 523. The van der Waals surface area contributed by atoms with E-state index in [0.29, 0.717) is 0 Å². The van der Waals surface area contributed by atoms with Crippen molar-refractivity contribution in [3.63, 3.8) is 0 Å². The van der Waals surface area contributed by atoms with Gasteiger partial charge in [-0.1, -0.05) is 0 Å². The summed E-state index contributed by atoms with van der Waals surface area (Å²) in [5.41, 5.74) is -0.109. The summed E-state index contributed by atoms with van der Waals surface area (Å²) in [6.07, 6.45) is 0. The molecule has 3 N–H and O–H groups in total. The molecule has 1 aromatic carbocycles. The Hall–Kier alpha value is -1.72. The summed E-state index contributed by atoms with van der Waals surface area (Å²) in [4.78, 5) is 10.4. The molecular formula is C10H7F3N2O2S. The number of alkyl halides is 3. The van der Waals surface area contributed by atoms with Crippen molar-refractivity contribution in [3.05, 3.63) is 28.8 Å². The fraction of sp³-hybridized carbons (Fsp3) is 0.200. The van der Waals surface area contributed by atoms with Crippen molar-refractivity contribution in [2.45, 2.75) is 16.9 Å². The van der Waals surface area contributed by atoms with E-state index in [-0.39, 0.29) is 16.7 Å². The minimum Gasteiger partial charge on any atom is -0.478 e. The number of carboxylic acid groups (broad SMARTS) is 1. The van der Waals surface area contributed by atoms with Gasteiger partial charge in [-0.3, -0.25) is 0 Å². The summed E-state index contributed by atoms with van der Waals surface area (Å²) in [5.74, 6) is -1.39. The highest BCUT2D eigenvalue weighted by molar-refractivity contribution is 8.00. The van der Waals surface area contributed by atoms with Gasteiger partial charge in [0.25, 0.3) is 0 Å². The van der Waals surface area contributed by atoms with Gasteiger partial charge in [-0.05, 0) is 29.5 Å². The monoisotopic (exact) mass is 276 g/mol. The number of thioether (sulfide) groups is 1. The third-order valence-electron chi connectivity index (χ3n) is 2.03. The Morgan fingerprint density at radius 1 is 1.50 bits per heavy atom. The smallest absolute Gasteiger partial charge is 0.446 e. The highest BCUT2D eigenvalue weighted by Gasteiger charge is 2.32. The third-order valence-corrected chi connectivity index (χ3v) is 2.94. The Balaban J connectivity index is 3.48. The van der Waals surface area contributed by atoms with Crippen molar-refractivity contribution < 1.29 is 23.1 Å². The summed E-state index contributed by atoms with van der Waals surface area (Å²) >= 11 is -0.531. The van der Waals surface area contributed by atoms with Crippen LogP contribution in [0.25, 0.3) is 0 Å². The van der Waals surface area contributed by atoms with Gasteiger partial charge in [-0.25, -0.2) is 4.79 Å². The van der Waals surface area contributed by atoms with E-state index in [9.17, 15) is 18.0 Å². The van der Waals surface area contributed by atoms with Gasteiger partial charge < -0.3 is 10.8 Å². The number of nitrogens with two attached hydrogens (primary N) is 1. The molecule has 0 radical (unpaired) electrons. The van der Waals surface area contributed by atoms with E-state index in [2.05, 4.69) is 0 Å². The van der Waals surface area contributed by atoms with Gasteiger partial charge in [0, 0.05) is 11.4 Å². The lowest BCUT2D eigenvalue weighted by Crippen LogP contribution is -2.11. The van der Waals surface area contributed by atoms with Crippen LogP contribution in [0.4, 0.5) is 13.2 Å². The molecule has 4 nitrogen and oxygen atoms in total. The van der Waals surface area contributed by atoms with Crippen LogP contribution in [0.1, 0.15) is 21.5 Å². The molecule has 0 unspecified atom stereocenters. The van der Waals surface area contributed by atoms with Crippen LogP contribution in [0.3, 0.4) is 0 Å². The van der Waals surface area contributed by atoms with Gasteiger partial charge in [-0.15, -0.1) is 0 Å². The van der Waals surface area contributed by atoms with E-state index in [0.717, 1.165) is 12.1 Å². The number of nitriles is 1. The lowest BCUT2D eigenvalue weighted by molar-refractivity contribution is -0.0328. The quantitative estimate of drug-likeness (QED) is 0.827. The maximum absolute atomic E-state index is 12.4. The standard InChI is InChI=1S/C10H7F3N2O2S/c11-10(12,13)18-8-5(3-14)1-2-6(9(16)17)7(8)4-15/h1-2H,4,15H2,(H,16,17). The first-order valence-electron chi connectivity index (χ1n) is 4.55.